The number of hydrogen-bond acceptors (Lipinski definition) is 3. The first-order valence-electron chi connectivity index (χ1n) is 3.79. The third-order valence-corrected chi connectivity index (χ3v) is 1.41. The van der Waals surface area contributed by atoms with E-state index in [0.29, 0.717) is 6.42 Å². The van der Waals surface area contributed by atoms with Crippen LogP contribution in [0.2, 0.25) is 0 Å². The van der Waals surface area contributed by atoms with Gasteiger partial charge in [0.25, 0.3) is 0 Å². The predicted octanol–water partition coefficient (Wildman–Crippen LogP) is 0.891. The lowest BCUT2D eigenvalue weighted by Crippen LogP contribution is -2.19. The smallest absolute Gasteiger partial charge is 0.404 e. The molecule has 0 heterocycles. The molecule has 5 heteroatoms. The Morgan fingerprint density at radius 1 is 1.62 bits per heavy atom. The van der Waals surface area contributed by atoms with Gasteiger partial charge in [0.1, 0.15) is 6.10 Å². The van der Waals surface area contributed by atoms with Crippen LogP contribution in [0.5, 0.6) is 0 Å². The predicted molar refractivity (Wildman–Crippen MR) is 46.1 cm³/mol. The molecule has 13 heavy (non-hydrogen) atoms. The highest BCUT2D eigenvalue weighted by atomic mass is 16.6. The zero-order chi connectivity index (χ0) is 10.4. The van der Waals surface area contributed by atoms with Crippen molar-refractivity contribution in [1.82, 2.24) is 0 Å². The van der Waals surface area contributed by atoms with E-state index in [9.17, 15) is 9.59 Å². The van der Waals surface area contributed by atoms with Gasteiger partial charge in [0.15, 0.2) is 0 Å². The zero-order valence-electron chi connectivity index (χ0n) is 7.61. The Kier molecular flexibility index (Phi) is 4.58. The molecule has 0 rings (SSSR count). The Hall–Kier alpha value is -1.52. The Balaban J connectivity index is 3.94. The third-order valence-electron chi connectivity index (χ3n) is 1.41. The van der Waals surface area contributed by atoms with Crippen molar-refractivity contribution >= 4 is 12.1 Å². The Bertz CT molecular complexity index is 234. The number of nitrogens with two attached hydrogens (primary N) is 1. The van der Waals surface area contributed by atoms with E-state index in [0.717, 1.165) is 0 Å². The summed E-state index contributed by atoms with van der Waals surface area (Å²) in [5.41, 5.74) is 4.98. The lowest BCUT2D eigenvalue weighted by molar-refractivity contribution is -0.132. The largest absolute Gasteiger partial charge is 0.478 e. The van der Waals surface area contributed by atoms with Crippen molar-refractivity contribution in [3.63, 3.8) is 0 Å². The lowest BCUT2D eigenvalue weighted by atomic mass is 10.2. The standard InChI is InChI=1S/C8H13NO4/c1-5(7(10)11)3-4-6(2)13-8(9)12/h3,6H,4H2,1-2H3,(H2,9,12)(H,10,11)/b5-3+. The van der Waals surface area contributed by atoms with Gasteiger partial charge in [0.2, 0.25) is 0 Å². The molecule has 0 saturated carbocycles. The molecule has 0 aromatic carbocycles. The number of hydrogen-bond donors (Lipinski definition) is 2. The first-order valence-corrected chi connectivity index (χ1v) is 3.79. The monoisotopic (exact) mass is 187 g/mol. The molecule has 0 aliphatic rings. The van der Waals surface area contributed by atoms with E-state index >= 15 is 0 Å². The Labute approximate surface area is 76.2 Å². The molecule has 1 atom stereocenters. The van der Waals surface area contributed by atoms with Crippen molar-refractivity contribution in [3.8, 4) is 0 Å². The fourth-order valence-corrected chi connectivity index (χ4v) is 0.676. The summed E-state index contributed by atoms with van der Waals surface area (Å²) in [6.45, 7) is 3.11. The molecular formula is C8H13NO4. The van der Waals surface area contributed by atoms with E-state index in [1.165, 1.54) is 13.0 Å². The first-order chi connectivity index (χ1) is 5.93. The minimum Gasteiger partial charge on any atom is -0.478 e. The quantitative estimate of drug-likeness (QED) is 0.639. The van der Waals surface area contributed by atoms with Gasteiger partial charge in [0, 0.05) is 12.0 Å². The van der Waals surface area contributed by atoms with Crippen LogP contribution in [-0.4, -0.2) is 23.3 Å². The number of aliphatic carboxylic acids is 1. The van der Waals surface area contributed by atoms with Gasteiger partial charge in [-0.15, -0.1) is 0 Å². The number of carbonyl (C=O) groups excluding carboxylic acids is 1. The minimum absolute atomic E-state index is 0.222. The van der Waals surface area contributed by atoms with E-state index in [1.807, 2.05) is 0 Å². The fourth-order valence-electron chi connectivity index (χ4n) is 0.676. The first kappa shape index (κ1) is 11.5. The third kappa shape index (κ3) is 5.72. The molecule has 0 spiro atoms. The number of carboxylic acid groups (broad SMARTS) is 1. The van der Waals surface area contributed by atoms with Gasteiger partial charge in [-0.05, 0) is 13.8 Å². The molecule has 0 fully saturated rings. The Morgan fingerprint density at radius 2 is 2.15 bits per heavy atom. The summed E-state index contributed by atoms with van der Waals surface area (Å²) in [5, 5.41) is 8.48. The van der Waals surface area contributed by atoms with Crippen LogP contribution in [0.1, 0.15) is 20.3 Å². The lowest BCUT2D eigenvalue weighted by Gasteiger charge is -2.08. The topological polar surface area (TPSA) is 89.6 Å². The molecule has 0 aromatic heterocycles. The molecule has 0 aromatic rings. The van der Waals surface area contributed by atoms with Crippen LogP contribution in [0, 0.1) is 0 Å². The molecule has 5 nitrogen and oxygen atoms in total. The van der Waals surface area contributed by atoms with Crippen molar-refractivity contribution < 1.29 is 19.4 Å². The van der Waals surface area contributed by atoms with Gasteiger partial charge in [-0.1, -0.05) is 6.08 Å². The SMILES string of the molecule is C/C(=C\CC(C)OC(N)=O)C(=O)O. The van der Waals surface area contributed by atoms with E-state index in [4.69, 9.17) is 10.8 Å². The highest BCUT2D eigenvalue weighted by Gasteiger charge is 2.05. The molecule has 74 valence electrons. The van der Waals surface area contributed by atoms with Crippen LogP contribution < -0.4 is 5.73 Å². The van der Waals surface area contributed by atoms with Gasteiger partial charge in [-0.3, -0.25) is 0 Å². The normalized spacial score (nSPS) is 13.5. The second-order valence-corrected chi connectivity index (χ2v) is 2.68. The molecule has 0 aliphatic heterocycles. The van der Waals surface area contributed by atoms with Crippen molar-refractivity contribution in [2.45, 2.75) is 26.4 Å². The van der Waals surface area contributed by atoms with Crippen LogP contribution in [0.4, 0.5) is 4.79 Å². The maximum atomic E-state index is 10.3. The van der Waals surface area contributed by atoms with Gasteiger partial charge in [0.05, 0.1) is 0 Å². The fraction of sp³-hybridized carbons (Fsp3) is 0.500. The van der Waals surface area contributed by atoms with Crippen LogP contribution in [0.25, 0.3) is 0 Å². The maximum absolute atomic E-state index is 10.3. The Morgan fingerprint density at radius 3 is 2.54 bits per heavy atom. The van der Waals surface area contributed by atoms with E-state index in [-0.39, 0.29) is 5.57 Å². The molecular weight excluding hydrogens is 174 g/mol. The molecule has 3 N–H and O–H groups in total. The number of ether oxygens (including phenoxy) is 1. The minimum atomic E-state index is -0.980. The summed E-state index contributed by atoms with van der Waals surface area (Å²) < 4.78 is 4.58. The van der Waals surface area contributed by atoms with Crippen LogP contribution in [-0.2, 0) is 9.53 Å². The second-order valence-electron chi connectivity index (χ2n) is 2.68. The highest BCUT2D eigenvalue weighted by molar-refractivity contribution is 5.85. The number of amides is 1. The number of rotatable bonds is 4. The summed E-state index contributed by atoms with van der Waals surface area (Å²) in [4.78, 5) is 20.6. The summed E-state index contributed by atoms with van der Waals surface area (Å²) in [7, 11) is 0. The summed E-state index contributed by atoms with van der Waals surface area (Å²) in [5.74, 6) is -0.980. The highest BCUT2D eigenvalue weighted by Crippen LogP contribution is 2.02. The average molecular weight is 187 g/mol. The molecule has 0 aliphatic carbocycles. The average Bonchev–Trinajstić information content (AvgIpc) is 1.98. The van der Waals surface area contributed by atoms with Crippen molar-refractivity contribution in [2.24, 2.45) is 5.73 Å². The maximum Gasteiger partial charge on any atom is 0.404 e. The number of carbonyl (C=O) groups is 2. The van der Waals surface area contributed by atoms with Gasteiger partial charge < -0.3 is 15.6 Å². The summed E-state index contributed by atoms with van der Waals surface area (Å²) >= 11 is 0. The molecule has 0 saturated heterocycles. The number of primary amides is 1. The van der Waals surface area contributed by atoms with Crippen LogP contribution >= 0.6 is 0 Å². The van der Waals surface area contributed by atoms with Crippen molar-refractivity contribution in [2.75, 3.05) is 0 Å². The molecule has 1 amide bonds. The molecule has 0 bridgehead atoms. The van der Waals surface area contributed by atoms with Gasteiger partial charge in [-0.25, -0.2) is 9.59 Å². The molecule has 1 unspecified atom stereocenters. The summed E-state index contributed by atoms with van der Waals surface area (Å²) in [6.07, 6.45) is 0.581. The number of carboxylic acids is 1. The van der Waals surface area contributed by atoms with Crippen molar-refractivity contribution in [3.05, 3.63) is 11.6 Å². The summed E-state index contributed by atoms with van der Waals surface area (Å²) in [6, 6.07) is 0. The van der Waals surface area contributed by atoms with Gasteiger partial charge >= 0.3 is 12.1 Å². The second kappa shape index (κ2) is 5.18. The van der Waals surface area contributed by atoms with E-state index in [2.05, 4.69) is 4.74 Å². The van der Waals surface area contributed by atoms with Crippen LogP contribution in [0.15, 0.2) is 11.6 Å². The van der Waals surface area contributed by atoms with Crippen molar-refractivity contribution in [1.29, 1.82) is 0 Å². The molecule has 0 radical (unpaired) electrons. The zero-order valence-corrected chi connectivity index (χ0v) is 7.61. The van der Waals surface area contributed by atoms with E-state index in [1.54, 1.807) is 6.92 Å². The van der Waals surface area contributed by atoms with E-state index < -0.39 is 18.2 Å². The van der Waals surface area contributed by atoms with Gasteiger partial charge in [-0.2, -0.15) is 0 Å². The van der Waals surface area contributed by atoms with Crippen LogP contribution in [0.3, 0.4) is 0 Å².